The second kappa shape index (κ2) is 8.54. The number of amides is 1. The molecule has 0 aliphatic rings. The van der Waals surface area contributed by atoms with Crippen molar-refractivity contribution in [3.8, 4) is 11.3 Å². The number of rotatable bonds is 6. The van der Waals surface area contributed by atoms with E-state index < -0.39 is 11.8 Å². The number of furan rings is 1. The van der Waals surface area contributed by atoms with E-state index in [2.05, 4.69) is 5.32 Å². The average Bonchev–Trinajstić information content (AvgIpc) is 3.12. The molecule has 5 nitrogen and oxygen atoms in total. The number of halogens is 2. The second-order valence-corrected chi connectivity index (χ2v) is 6.33. The molecule has 0 aliphatic carbocycles. The van der Waals surface area contributed by atoms with Crippen LogP contribution in [0.25, 0.3) is 17.4 Å². The van der Waals surface area contributed by atoms with Crippen molar-refractivity contribution in [2.45, 2.75) is 6.42 Å². The predicted molar refractivity (Wildman–Crippen MR) is 105 cm³/mol. The first-order valence-electron chi connectivity index (χ1n) is 8.26. The third-order valence-electron chi connectivity index (χ3n) is 3.81. The van der Waals surface area contributed by atoms with Crippen LogP contribution in [-0.2, 0) is 16.0 Å². The van der Waals surface area contributed by atoms with Gasteiger partial charge >= 0.3 is 5.97 Å². The molecule has 0 atom stereocenters. The van der Waals surface area contributed by atoms with Gasteiger partial charge in [-0.25, -0.2) is 4.39 Å². The molecule has 3 rings (SSSR count). The largest absolute Gasteiger partial charge is 0.481 e. The van der Waals surface area contributed by atoms with Gasteiger partial charge in [0.15, 0.2) is 0 Å². The maximum atomic E-state index is 13.2. The van der Waals surface area contributed by atoms with Crippen LogP contribution in [-0.4, -0.2) is 17.0 Å². The summed E-state index contributed by atoms with van der Waals surface area (Å²) in [5.41, 5.74) is 1.81. The van der Waals surface area contributed by atoms with Crippen LogP contribution in [0.1, 0.15) is 11.3 Å². The number of carbonyl (C=O) groups excluding carboxylic acids is 1. The Morgan fingerprint density at radius 2 is 1.86 bits per heavy atom. The fraction of sp³-hybridized carbons (Fsp3) is 0.0476. The molecule has 7 heteroatoms. The molecule has 1 heterocycles. The molecule has 0 saturated carbocycles. The predicted octanol–water partition coefficient (Wildman–Crippen LogP) is 5.02. The van der Waals surface area contributed by atoms with Gasteiger partial charge in [0.1, 0.15) is 17.3 Å². The van der Waals surface area contributed by atoms with E-state index in [9.17, 15) is 14.0 Å². The molecular formula is C21H15ClFNO4. The molecule has 0 fully saturated rings. The van der Waals surface area contributed by atoms with Crippen LogP contribution in [0.3, 0.4) is 0 Å². The van der Waals surface area contributed by atoms with Crippen molar-refractivity contribution in [2.75, 3.05) is 5.32 Å². The Morgan fingerprint density at radius 1 is 1.11 bits per heavy atom. The summed E-state index contributed by atoms with van der Waals surface area (Å²) in [6.07, 6.45) is 2.74. The molecule has 0 radical (unpaired) electrons. The number of nitrogens with one attached hydrogen (secondary N) is 1. The number of carboxylic acid groups (broad SMARTS) is 1. The quantitative estimate of drug-likeness (QED) is 0.570. The van der Waals surface area contributed by atoms with Gasteiger partial charge in [0, 0.05) is 17.3 Å². The summed E-state index contributed by atoms with van der Waals surface area (Å²) >= 11 is 5.77. The lowest BCUT2D eigenvalue weighted by molar-refractivity contribution is -0.136. The van der Waals surface area contributed by atoms with Gasteiger partial charge in [-0.15, -0.1) is 0 Å². The fourth-order valence-corrected chi connectivity index (χ4v) is 2.65. The third kappa shape index (κ3) is 5.08. The number of hydrogen-bond acceptors (Lipinski definition) is 3. The summed E-state index contributed by atoms with van der Waals surface area (Å²) in [5, 5.41) is 11.4. The zero-order valence-electron chi connectivity index (χ0n) is 14.5. The van der Waals surface area contributed by atoms with E-state index in [1.165, 1.54) is 24.3 Å². The van der Waals surface area contributed by atoms with Crippen molar-refractivity contribution in [1.29, 1.82) is 0 Å². The van der Waals surface area contributed by atoms with Crippen molar-refractivity contribution < 1.29 is 23.5 Å². The molecule has 1 aromatic heterocycles. The summed E-state index contributed by atoms with van der Waals surface area (Å²) < 4.78 is 18.9. The van der Waals surface area contributed by atoms with Crippen LogP contribution < -0.4 is 5.32 Å². The van der Waals surface area contributed by atoms with Crippen molar-refractivity contribution in [3.05, 3.63) is 82.8 Å². The van der Waals surface area contributed by atoms with Crippen LogP contribution in [0.15, 0.2) is 65.1 Å². The van der Waals surface area contributed by atoms with Crippen LogP contribution in [0, 0.1) is 5.82 Å². The van der Waals surface area contributed by atoms with Gasteiger partial charge in [0.05, 0.1) is 11.4 Å². The molecule has 3 aromatic rings. The van der Waals surface area contributed by atoms with Crippen molar-refractivity contribution >= 4 is 35.2 Å². The van der Waals surface area contributed by atoms with E-state index >= 15 is 0 Å². The van der Waals surface area contributed by atoms with Crippen molar-refractivity contribution in [3.63, 3.8) is 0 Å². The highest BCUT2D eigenvalue weighted by atomic mass is 35.5. The normalized spacial score (nSPS) is 10.9. The first kappa shape index (κ1) is 19.4. The molecule has 2 aromatic carbocycles. The van der Waals surface area contributed by atoms with Gasteiger partial charge in [-0.05, 0) is 54.1 Å². The van der Waals surface area contributed by atoms with Crippen molar-refractivity contribution in [1.82, 2.24) is 0 Å². The molecule has 28 heavy (non-hydrogen) atoms. The van der Waals surface area contributed by atoms with Crippen LogP contribution in [0.5, 0.6) is 0 Å². The zero-order chi connectivity index (χ0) is 20.1. The molecule has 0 saturated heterocycles. The van der Waals surface area contributed by atoms with E-state index in [1.807, 2.05) is 0 Å². The number of benzene rings is 2. The van der Waals surface area contributed by atoms with Crippen LogP contribution in [0.2, 0.25) is 5.02 Å². The van der Waals surface area contributed by atoms with Gasteiger partial charge in [-0.3, -0.25) is 9.59 Å². The summed E-state index contributed by atoms with van der Waals surface area (Å²) in [7, 11) is 0. The maximum absolute atomic E-state index is 13.2. The van der Waals surface area contributed by atoms with Crippen LogP contribution in [0.4, 0.5) is 10.1 Å². The minimum Gasteiger partial charge on any atom is -0.481 e. The molecule has 0 spiro atoms. The van der Waals surface area contributed by atoms with E-state index in [-0.39, 0.29) is 17.4 Å². The van der Waals surface area contributed by atoms with E-state index in [1.54, 1.807) is 42.5 Å². The van der Waals surface area contributed by atoms with Crippen molar-refractivity contribution in [2.24, 2.45) is 0 Å². The standard InChI is InChI=1S/C21H15ClFNO4/c22-17-12-14(3-8-18(17)23)19-9-6-16(28-19)7-10-20(25)24-15-4-1-13(2-5-15)11-21(26)27/h1-10,12H,11H2,(H,24,25)(H,26,27)/b10-7+. The smallest absolute Gasteiger partial charge is 0.307 e. The Bertz CT molecular complexity index is 1040. The number of aliphatic carboxylic acids is 1. The minimum atomic E-state index is -0.916. The maximum Gasteiger partial charge on any atom is 0.307 e. The van der Waals surface area contributed by atoms with Gasteiger partial charge in [-0.1, -0.05) is 23.7 Å². The number of hydrogen-bond donors (Lipinski definition) is 2. The topological polar surface area (TPSA) is 79.5 Å². The molecule has 0 aliphatic heterocycles. The average molecular weight is 400 g/mol. The minimum absolute atomic E-state index is 0.000238. The van der Waals surface area contributed by atoms with E-state index in [4.69, 9.17) is 21.1 Å². The van der Waals surface area contributed by atoms with Crippen LogP contribution >= 0.6 is 11.6 Å². The lowest BCUT2D eigenvalue weighted by Crippen LogP contribution is -2.08. The molecule has 0 bridgehead atoms. The van der Waals surface area contributed by atoms with Gasteiger partial charge in [-0.2, -0.15) is 0 Å². The van der Waals surface area contributed by atoms with Gasteiger partial charge in [0.25, 0.3) is 0 Å². The second-order valence-electron chi connectivity index (χ2n) is 5.92. The summed E-state index contributed by atoms with van der Waals surface area (Å²) in [6.45, 7) is 0. The van der Waals surface area contributed by atoms with E-state index in [0.717, 1.165) is 0 Å². The summed E-state index contributed by atoms with van der Waals surface area (Å²) in [6, 6.07) is 14.2. The molecular weight excluding hydrogens is 385 g/mol. The summed E-state index contributed by atoms with van der Waals surface area (Å²) in [5.74, 6) is -0.850. The fourth-order valence-electron chi connectivity index (χ4n) is 2.47. The number of anilines is 1. The Labute approximate surface area is 165 Å². The lowest BCUT2D eigenvalue weighted by Gasteiger charge is -2.03. The Hall–Kier alpha value is -3.38. The molecule has 142 valence electrons. The SMILES string of the molecule is O=C(O)Cc1ccc(NC(=O)/C=C/c2ccc(-c3ccc(F)c(Cl)c3)o2)cc1. The highest BCUT2D eigenvalue weighted by molar-refractivity contribution is 6.31. The number of carboxylic acids is 1. The van der Waals surface area contributed by atoms with E-state index in [0.29, 0.717) is 28.3 Å². The zero-order valence-corrected chi connectivity index (χ0v) is 15.2. The molecule has 1 amide bonds. The highest BCUT2D eigenvalue weighted by Gasteiger charge is 2.07. The Morgan fingerprint density at radius 3 is 2.54 bits per heavy atom. The summed E-state index contributed by atoms with van der Waals surface area (Å²) in [4.78, 5) is 22.7. The Balaban J connectivity index is 1.62. The first-order valence-corrected chi connectivity index (χ1v) is 8.63. The highest BCUT2D eigenvalue weighted by Crippen LogP contribution is 2.27. The third-order valence-corrected chi connectivity index (χ3v) is 4.10. The lowest BCUT2D eigenvalue weighted by atomic mass is 10.1. The number of carbonyl (C=O) groups is 2. The molecule has 0 unspecified atom stereocenters. The molecule has 2 N–H and O–H groups in total. The van der Waals surface area contributed by atoms with Gasteiger partial charge < -0.3 is 14.8 Å². The van der Waals surface area contributed by atoms with Gasteiger partial charge in [0.2, 0.25) is 5.91 Å². The monoisotopic (exact) mass is 399 g/mol. The Kier molecular flexibility index (Phi) is 5.91. The first-order chi connectivity index (χ1) is 13.4.